The molecule has 3 rings (SSSR count). The van der Waals surface area contributed by atoms with E-state index in [1.807, 2.05) is 26.2 Å². The Labute approximate surface area is 148 Å². The average molecular weight is 342 g/mol. The van der Waals surface area contributed by atoms with Crippen LogP contribution in [0.5, 0.6) is 0 Å². The first-order valence-corrected chi connectivity index (χ1v) is 8.69. The minimum Gasteiger partial charge on any atom is -0.371 e. The van der Waals surface area contributed by atoms with Crippen molar-refractivity contribution in [1.29, 1.82) is 0 Å². The molecule has 3 atom stereocenters. The third kappa shape index (κ3) is 3.85. The maximum atomic E-state index is 12.5. The Hall–Kier alpha value is -2.34. The molecular formula is C19H26N4O2. The molecule has 1 aromatic carbocycles. The lowest BCUT2D eigenvalue weighted by atomic mass is 9.97. The zero-order valence-corrected chi connectivity index (χ0v) is 15.2. The Kier molecular flexibility index (Phi) is 5.08. The number of aryl methyl sites for hydroxylation is 3. The van der Waals surface area contributed by atoms with Gasteiger partial charge < -0.3 is 15.4 Å². The molecule has 6 nitrogen and oxygen atoms in total. The smallest absolute Gasteiger partial charge is 0.315 e. The molecule has 1 saturated heterocycles. The van der Waals surface area contributed by atoms with Gasteiger partial charge in [0.15, 0.2) is 0 Å². The molecule has 2 amide bonds. The van der Waals surface area contributed by atoms with Gasteiger partial charge in [0.2, 0.25) is 0 Å². The summed E-state index contributed by atoms with van der Waals surface area (Å²) in [5.41, 5.74) is 4.53. The van der Waals surface area contributed by atoms with Crippen molar-refractivity contribution < 1.29 is 9.53 Å². The van der Waals surface area contributed by atoms with Gasteiger partial charge in [0, 0.05) is 25.4 Å². The Morgan fingerprint density at radius 2 is 2.08 bits per heavy atom. The molecule has 6 heteroatoms. The Morgan fingerprint density at radius 3 is 2.72 bits per heavy atom. The maximum absolute atomic E-state index is 12.5. The van der Waals surface area contributed by atoms with E-state index < -0.39 is 0 Å². The summed E-state index contributed by atoms with van der Waals surface area (Å²) < 4.78 is 7.55. The zero-order valence-electron chi connectivity index (χ0n) is 15.2. The summed E-state index contributed by atoms with van der Waals surface area (Å²) in [4.78, 5) is 12.5. The summed E-state index contributed by atoms with van der Waals surface area (Å²) in [6, 6.07) is 5.91. The van der Waals surface area contributed by atoms with Crippen molar-refractivity contribution in [3.8, 4) is 0 Å². The van der Waals surface area contributed by atoms with Gasteiger partial charge in [0.25, 0.3) is 0 Å². The molecule has 134 valence electrons. The van der Waals surface area contributed by atoms with Gasteiger partial charge in [0.05, 0.1) is 18.3 Å². The van der Waals surface area contributed by atoms with Crippen LogP contribution in [-0.4, -0.2) is 28.5 Å². The van der Waals surface area contributed by atoms with Crippen LogP contribution < -0.4 is 10.6 Å². The fraction of sp³-hybridized carbons (Fsp3) is 0.474. The van der Waals surface area contributed by atoms with E-state index in [2.05, 4.69) is 41.7 Å². The fourth-order valence-electron chi connectivity index (χ4n) is 3.64. The minimum atomic E-state index is -0.167. The molecule has 0 spiro atoms. The standard InChI is InChI=1S/C19H26N4O2/c1-12-6-5-7-13(2)17(12)14(3)21-19(24)22-16-8-9-25-18(16)15-10-20-23(4)11-15/h5-7,10-11,14,16,18H,8-9H2,1-4H3,(H2,21,22,24)/t14?,16-,18+/m0/s1. The molecule has 0 radical (unpaired) electrons. The third-order valence-corrected chi connectivity index (χ3v) is 4.78. The number of benzene rings is 1. The van der Waals surface area contributed by atoms with Crippen LogP contribution in [0.15, 0.2) is 30.6 Å². The van der Waals surface area contributed by atoms with Gasteiger partial charge in [-0.1, -0.05) is 18.2 Å². The third-order valence-electron chi connectivity index (χ3n) is 4.78. The van der Waals surface area contributed by atoms with Gasteiger partial charge >= 0.3 is 6.03 Å². The van der Waals surface area contributed by atoms with Crippen molar-refractivity contribution in [3.63, 3.8) is 0 Å². The normalized spacial score (nSPS) is 21.1. The van der Waals surface area contributed by atoms with E-state index in [0.717, 1.165) is 12.0 Å². The molecule has 1 aromatic heterocycles. The molecular weight excluding hydrogens is 316 g/mol. The van der Waals surface area contributed by atoms with Crippen molar-refractivity contribution in [1.82, 2.24) is 20.4 Å². The molecule has 2 heterocycles. The number of ether oxygens (including phenoxy) is 1. The van der Waals surface area contributed by atoms with E-state index in [0.29, 0.717) is 6.61 Å². The molecule has 1 aliphatic rings. The number of rotatable bonds is 4. The van der Waals surface area contributed by atoms with Crippen LogP contribution in [-0.2, 0) is 11.8 Å². The summed E-state index contributed by atoms with van der Waals surface area (Å²) in [7, 11) is 1.87. The molecule has 25 heavy (non-hydrogen) atoms. The van der Waals surface area contributed by atoms with Crippen LogP contribution in [0.2, 0.25) is 0 Å². The van der Waals surface area contributed by atoms with Crippen LogP contribution in [0.1, 0.15) is 47.7 Å². The van der Waals surface area contributed by atoms with Gasteiger partial charge in [-0.25, -0.2) is 4.79 Å². The highest BCUT2D eigenvalue weighted by atomic mass is 16.5. The van der Waals surface area contributed by atoms with E-state index in [1.54, 1.807) is 10.9 Å². The molecule has 0 saturated carbocycles. The predicted octanol–water partition coefficient (Wildman–Crippen LogP) is 2.93. The van der Waals surface area contributed by atoms with Crippen molar-refractivity contribution in [2.45, 2.75) is 45.4 Å². The number of urea groups is 1. The van der Waals surface area contributed by atoms with Gasteiger partial charge in [-0.15, -0.1) is 0 Å². The highest BCUT2D eigenvalue weighted by Gasteiger charge is 2.32. The first-order chi connectivity index (χ1) is 12.0. The van der Waals surface area contributed by atoms with E-state index in [9.17, 15) is 4.79 Å². The Balaban J connectivity index is 1.64. The predicted molar refractivity (Wildman–Crippen MR) is 96.3 cm³/mol. The summed E-state index contributed by atoms with van der Waals surface area (Å²) in [6.45, 7) is 6.79. The van der Waals surface area contributed by atoms with E-state index in [4.69, 9.17) is 4.74 Å². The Morgan fingerprint density at radius 1 is 1.36 bits per heavy atom. The maximum Gasteiger partial charge on any atom is 0.315 e. The average Bonchev–Trinajstić information content (AvgIpc) is 3.15. The highest BCUT2D eigenvalue weighted by molar-refractivity contribution is 5.75. The first-order valence-electron chi connectivity index (χ1n) is 8.69. The lowest BCUT2D eigenvalue weighted by Crippen LogP contribution is -2.44. The highest BCUT2D eigenvalue weighted by Crippen LogP contribution is 2.29. The van der Waals surface area contributed by atoms with Crippen molar-refractivity contribution in [3.05, 3.63) is 52.8 Å². The van der Waals surface area contributed by atoms with Crippen LogP contribution in [0.3, 0.4) is 0 Å². The number of nitrogens with one attached hydrogen (secondary N) is 2. The van der Waals surface area contributed by atoms with Crippen LogP contribution in [0.4, 0.5) is 4.79 Å². The van der Waals surface area contributed by atoms with Gasteiger partial charge in [-0.2, -0.15) is 5.10 Å². The number of amides is 2. The number of aromatic nitrogens is 2. The second-order valence-electron chi connectivity index (χ2n) is 6.78. The molecule has 0 aliphatic carbocycles. The lowest BCUT2D eigenvalue weighted by molar-refractivity contribution is 0.0998. The summed E-state index contributed by atoms with van der Waals surface area (Å²) in [6.07, 6.45) is 4.38. The molecule has 1 unspecified atom stereocenters. The number of carbonyl (C=O) groups excluding carboxylic acids is 1. The summed E-state index contributed by atoms with van der Waals surface area (Å²) in [5, 5.41) is 10.3. The monoisotopic (exact) mass is 342 g/mol. The Bertz CT molecular complexity index is 735. The minimum absolute atomic E-state index is 0.0469. The van der Waals surface area contributed by atoms with Crippen LogP contribution in [0.25, 0.3) is 0 Å². The zero-order chi connectivity index (χ0) is 18.0. The van der Waals surface area contributed by atoms with Crippen LogP contribution in [0, 0.1) is 13.8 Å². The van der Waals surface area contributed by atoms with Crippen molar-refractivity contribution in [2.75, 3.05) is 6.61 Å². The quantitative estimate of drug-likeness (QED) is 0.898. The summed E-state index contributed by atoms with van der Waals surface area (Å²) >= 11 is 0. The molecule has 1 fully saturated rings. The number of hydrogen-bond acceptors (Lipinski definition) is 3. The molecule has 0 bridgehead atoms. The second-order valence-corrected chi connectivity index (χ2v) is 6.78. The number of hydrogen-bond donors (Lipinski definition) is 2. The largest absolute Gasteiger partial charge is 0.371 e. The van der Waals surface area contributed by atoms with E-state index in [1.165, 1.54) is 16.7 Å². The van der Waals surface area contributed by atoms with Crippen molar-refractivity contribution >= 4 is 6.03 Å². The fourth-order valence-corrected chi connectivity index (χ4v) is 3.64. The van der Waals surface area contributed by atoms with E-state index in [-0.39, 0.29) is 24.2 Å². The summed E-state index contributed by atoms with van der Waals surface area (Å²) in [5.74, 6) is 0. The van der Waals surface area contributed by atoms with E-state index >= 15 is 0 Å². The van der Waals surface area contributed by atoms with Gasteiger partial charge in [-0.3, -0.25) is 4.68 Å². The SMILES string of the molecule is Cc1cccc(C)c1C(C)NC(=O)N[C@H]1CCO[C@@H]1c1cnn(C)c1. The number of nitrogens with zero attached hydrogens (tertiary/aromatic N) is 2. The number of carbonyl (C=O) groups is 1. The molecule has 1 aliphatic heterocycles. The van der Waals surface area contributed by atoms with Gasteiger partial charge in [-0.05, 0) is 43.9 Å². The second kappa shape index (κ2) is 7.27. The topological polar surface area (TPSA) is 68.2 Å². The lowest BCUT2D eigenvalue weighted by Gasteiger charge is -2.23. The molecule has 2 N–H and O–H groups in total. The van der Waals surface area contributed by atoms with Gasteiger partial charge in [0.1, 0.15) is 6.10 Å². The first kappa shape index (κ1) is 17.5. The molecule has 2 aromatic rings. The van der Waals surface area contributed by atoms with Crippen molar-refractivity contribution in [2.24, 2.45) is 7.05 Å². The van der Waals surface area contributed by atoms with Crippen LogP contribution >= 0.6 is 0 Å².